The highest BCUT2D eigenvalue weighted by Gasteiger charge is 2.13. The summed E-state index contributed by atoms with van der Waals surface area (Å²) in [4.78, 5) is 0. The largest absolute Gasteiger partial charge is 0.493 e. The van der Waals surface area contributed by atoms with Gasteiger partial charge in [0.05, 0.1) is 7.11 Å². The Labute approximate surface area is 165 Å². The minimum Gasteiger partial charge on any atom is -0.493 e. The number of allylic oxidation sites excluding steroid dienone is 1. The Morgan fingerprint density at radius 1 is 1.00 bits per heavy atom. The molecule has 0 atom stereocenters. The Kier molecular flexibility index (Phi) is 6.68. The summed E-state index contributed by atoms with van der Waals surface area (Å²) in [5.74, 6) is 1.10. The van der Waals surface area contributed by atoms with Crippen molar-refractivity contribution in [3.8, 4) is 11.5 Å². The molecule has 28 heavy (non-hydrogen) atoms. The zero-order valence-electron chi connectivity index (χ0n) is 16.0. The van der Waals surface area contributed by atoms with Crippen molar-refractivity contribution in [1.82, 2.24) is 0 Å². The van der Waals surface area contributed by atoms with E-state index in [1.165, 1.54) is 12.1 Å². The molecule has 0 spiro atoms. The molecule has 4 heteroatoms. The number of benzene rings is 3. The van der Waals surface area contributed by atoms with Crippen molar-refractivity contribution in [2.45, 2.75) is 19.6 Å². The average Bonchev–Trinajstić information content (AvgIpc) is 2.73. The average molecular weight is 377 g/mol. The van der Waals surface area contributed by atoms with E-state index in [1.54, 1.807) is 19.2 Å². The second-order valence-corrected chi connectivity index (χ2v) is 6.41. The number of nitrogens with one attached hydrogen (secondary N) is 1. The number of anilines is 1. The molecule has 3 nitrogen and oxygen atoms in total. The molecule has 144 valence electrons. The molecule has 0 radical (unpaired) electrons. The van der Waals surface area contributed by atoms with Crippen LogP contribution in [-0.2, 0) is 19.6 Å². The van der Waals surface area contributed by atoms with Gasteiger partial charge < -0.3 is 14.8 Å². The third-order valence-corrected chi connectivity index (χ3v) is 4.34. The molecular formula is C24H24FNO2. The molecule has 1 N–H and O–H groups in total. The van der Waals surface area contributed by atoms with Crippen molar-refractivity contribution in [3.05, 3.63) is 102 Å². The molecule has 0 bridgehead atoms. The van der Waals surface area contributed by atoms with Gasteiger partial charge in [0, 0.05) is 17.8 Å². The fraction of sp³-hybridized carbons (Fsp3) is 0.167. The van der Waals surface area contributed by atoms with Crippen molar-refractivity contribution < 1.29 is 13.9 Å². The standard InChI is InChI=1S/C24H24FNO2/c1-3-7-20-14-19(16-26-22-8-5-4-6-9-22)15-23(27-2)24(20)28-17-18-10-12-21(25)13-11-18/h3-6,8-15,26H,1,7,16-17H2,2H3. The molecule has 0 heterocycles. The van der Waals surface area contributed by atoms with Gasteiger partial charge >= 0.3 is 0 Å². The smallest absolute Gasteiger partial charge is 0.165 e. The number of halogens is 1. The Bertz CT molecular complexity index is 908. The summed E-state index contributed by atoms with van der Waals surface area (Å²) in [6.07, 6.45) is 2.50. The first kappa shape index (κ1) is 19.5. The number of hydrogen-bond acceptors (Lipinski definition) is 3. The van der Waals surface area contributed by atoms with Crippen molar-refractivity contribution in [1.29, 1.82) is 0 Å². The van der Waals surface area contributed by atoms with Crippen LogP contribution in [0.15, 0.2) is 79.4 Å². The molecule has 0 aliphatic rings. The molecular weight excluding hydrogens is 353 g/mol. The van der Waals surface area contributed by atoms with E-state index < -0.39 is 0 Å². The summed E-state index contributed by atoms with van der Waals surface area (Å²) in [6, 6.07) is 20.4. The van der Waals surface area contributed by atoms with E-state index >= 15 is 0 Å². The van der Waals surface area contributed by atoms with Gasteiger partial charge in [-0.1, -0.05) is 36.4 Å². The molecule has 0 unspecified atom stereocenters. The van der Waals surface area contributed by atoms with Crippen LogP contribution < -0.4 is 14.8 Å². The molecule has 3 aromatic carbocycles. The molecule has 0 aromatic heterocycles. The van der Waals surface area contributed by atoms with Crippen LogP contribution in [-0.4, -0.2) is 7.11 Å². The maximum Gasteiger partial charge on any atom is 0.165 e. The van der Waals surface area contributed by atoms with Gasteiger partial charge in [0.25, 0.3) is 0 Å². The van der Waals surface area contributed by atoms with Gasteiger partial charge in [-0.25, -0.2) is 4.39 Å². The maximum absolute atomic E-state index is 13.1. The van der Waals surface area contributed by atoms with Crippen molar-refractivity contribution in [2.24, 2.45) is 0 Å². The second-order valence-electron chi connectivity index (χ2n) is 6.41. The van der Waals surface area contributed by atoms with E-state index in [1.807, 2.05) is 42.5 Å². The van der Waals surface area contributed by atoms with Crippen molar-refractivity contribution in [3.63, 3.8) is 0 Å². The van der Waals surface area contributed by atoms with Crippen LogP contribution in [0.25, 0.3) is 0 Å². The highest BCUT2D eigenvalue weighted by atomic mass is 19.1. The number of hydrogen-bond donors (Lipinski definition) is 1. The van der Waals surface area contributed by atoms with E-state index in [-0.39, 0.29) is 5.82 Å². The van der Waals surface area contributed by atoms with Crippen molar-refractivity contribution >= 4 is 5.69 Å². The van der Waals surface area contributed by atoms with E-state index in [0.29, 0.717) is 31.1 Å². The van der Waals surface area contributed by atoms with Crippen LogP contribution >= 0.6 is 0 Å². The lowest BCUT2D eigenvalue weighted by molar-refractivity contribution is 0.281. The minimum atomic E-state index is -0.260. The Hall–Kier alpha value is -3.27. The SMILES string of the molecule is C=CCc1cc(CNc2ccccc2)cc(OC)c1OCc1ccc(F)cc1. The summed E-state index contributed by atoms with van der Waals surface area (Å²) in [5.41, 5.74) is 4.04. The normalized spacial score (nSPS) is 10.4. The number of ether oxygens (including phenoxy) is 2. The first-order valence-electron chi connectivity index (χ1n) is 9.16. The second kappa shape index (κ2) is 9.60. The first-order chi connectivity index (χ1) is 13.7. The number of rotatable bonds is 9. The van der Waals surface area contributed by atoms with Gasteiger partial charge in [0.2, 0.25) is 0 Å². The first-order valence-corrected chi connectivity index (χ1v) is 9.16. The lowest BCUT2D eigenvalue weighted by atomic mass is 10.1. The van der Waals surface area contributed by atoms with Gasteiger partial charge in [-0.15, -0.1) is 6.58 Å². The highest BCUT2D eigenvalue weighted by molar-refractivity contribution is 5.52. The maximum atomic E-state index is 13.1. The fourth-order valence-corrected chi connectivity index (χ4v) is 2.94. The Morgan fingerprint density at radius 2 is 1.75 bits per heavy atom. The van der Waals surface area contributed by atoms with Gasteiger partial charge in [-0.05, 0) is 53.9 Å². The quantitative estimate of drug-likeness (QED) is 0.481. The van der Waals surface area contributed by atoms with E-state index in [2.05, 4.69) is 18.0 Å². The molecule has 0 aliphatic heterocycles. The monoisotopic (exact) mass is 377 g/mol. The summed E-state index contributed by atoms with van der Waals surface area (Å²) >= 11 is 0. The van der Waals surface area contributed by atoms with Gasteiger partial charge in [-0.2, -0.15) is 0 Å². The number of para-hydroxylation sites is 1. The van der Waals surface area contributed by atoms with Crippen LogP contribution in [0, 0.1) is 5.82 Å². The van der Waals surface area contributed by atoms with Gasteiger partial charge in [0.1, 0.15) is 12.4 Å². The zero-order valence-corrected chi connectivity index (χ0v) is 16.0. The topological polar surface area (TPSA) is 30.5 Å². The van der Waals surface area contributed by atoms with Crippen LogP contribution in [0.2, 0.25) is 0 Å². The molecule has 3 aromatic rings. The fourth-order valence-electron chi connectivity index (χ4n) is 2.94. The third-order valence-electron chi connectivity index (χ3n) is 4.34. The molecule has 0 aliphatic carbocycles. The Balaban J connectivity index is 1.79. The van der Waals surface area contributed by atoms with Gasteiger partial charge in [0.15, 0.2) is 11.5 Å². The predicted molar refractivity (Wildman–Crippen MR) is 111 cm³/mol. The third kappa shape index (κ3) is 5.13. The summed E-state index contributed by atoms with van der Waals surface area (Å²) in [6.45, 7) is 4.86. The van der Waals surface area contributed by atoms with E-state index in [9.17, 15) is 4.39 Å². The molecule has 3 rings (SSSR count). The summed E-state index contributed by atoms with van der Waals surface area (Å²) < 4.78 is 24.7. The van der Waals surface area contributed by atoms with Crippen molar-refractivity contribution in [2.75, 3.05) is 12.4 Å². The van der Waals surface area contributed by atoms with Crippen LogP contribution in [0.5, 0.6) is 11.5 Å². The zero-order chi connectivity index (χ0) is 19.8. The van der Waals surface area contributed by atoms with Crippen LogP contribution in [0.3, 0.4) is 0 Å². The summed E-state index contributed by atoms with van der Waals surface area (Å²) in [7, 11) is 1.63. The molecule has 0 amide bonds. The number of methoxy groups -OCH3 is 1. The lowest BCUT2D eigenvalue weighted by Gasteiger charge is -2.17. The van der Waals surface area contributed by atoms with Crippen LogP contribution in [0.4, 0.5) is 10.1 Å². The highest BCUT2D eigenvalue weighted by Crippen LogP contribution is 2.34. The predicted octanol–water partition coefficient (Wildman–Crippen LogP) is 5.75. The van der Waals surface area contributed by atoms with Crippen LogP contribution in [0.1, 0.15) is 16.7 Å². The Morgan fingerprint density at radius 3 is 2.43 bits per heavy atom. The lowest BCUT2D eigenvalue weighted by Crippen LogP contribution is -2.05. The molecule has 0 saturated carbocycles. The molecule has 0 saturated heterocycles. The molecule has 0 fully saturated rings. The van der Waals surface area contributed by atoms with E-state index in [0.717, 1.165) is 22.4 Å². The van der Waals surface area contributed by atoms with Gasteiger partial charge in [-0.3, -0.25) is 0 Å². The van der Waals surface area contributed by atoms with E-state index in [4.69, 9.17) is 9.47 Å². The summed E-state index contributed by atoms with van der Waals surface area (Å²) in [5, 5.41) is 3.41. The minimum absolute atomic E-state index is 0.260.